The molecule has 136 valence electrons. The van der Waals surface area contributed by atoms with Crippen LogP contribution in [0.25, 0.3) is 11.6 Å². The van der Waals surface area contributed by atoms with Crippen molar-refractivity contribution in [2.24, 2.45) is 5.92 Å². The van der Waals surface area contributed by atoms with Gasteiger partial charge in [-0.25, -0.2) is 4.98 Å². The molecule has 0 saturated heterocycles. The van der Waals surface area contributed by atoms with Gasteiger partial charge in [-0.1, -0.05) is 60.2 Å². The van der Waals surface area contributed by atoms with E-state index in [0.717, 1.165) is 25.7 Å². The Hall–Kier alpha value is -2.52. The number of benzene rings is 1. The first-order valence-corrected chi connectivity index (χ1v) is 9.72. The normalized spacial score (nSPS) is 21.7. The molecule has 2 aromatic rings. The number of carbonyl (C=O) groups excluding carboxylic acids is 2. The average molecular weight is 378 g/mol. The fraction of sp³-hybridized carbons (Fsp3) is 0.261. The number of nitrogens with zero attached hydrogens (tertiary/aromatic N) is 1. The summed E-state index contributed by atoms with van der Waals surface area (Å²) >= 11 is 6.26. The Kier molecular flexibility index (Phi) is 5.04. The van der Waals surface area contributed by atoms with Crippen LogP contribution in [0.3, 0.4) is 0 Å². The van der Waals surface area contributed by atoms with Crippen LogP contribution in [0.2, 0.25) is 5.15 Å². The molecule has 1 aromatic carbocycles. The third-order valence-electron chi connectivity index (χ3n) is 5.27. The minimum Gasteiger partial charge on any atom is -0.293 e. The molecule has 4 rings (SSSR count). The topological polar surface area (TPSA) is 47.0 Å². The maximum Gasteiger partial charge on any atom is 0.175 e. The molecule has 2 aliphatic rings. The van der Waals surface area contributed by atoms with E-state index in [0.29, 0.717) is 33.8 Å². The molecule has 0 fully saturated rings. The Labute approximate surface area is 163 Å². The molecule has 1 heterocycles. The van der Waals surface area contributed by atoms with Gasteiger partial charge in [-0.05, 0) is 37.7 Å². The van der Waals surface area contributed by atoms with Crippen molar-refractivity contribution in [3.63, 3.8) is 0 Å². The van der Waals surface area contributed by atoms with Gasteiger partial charge in [-0.2, -0.15) is 0 Å². The first-order chi connectivity index (χ1) is 13.2. The number of aryl methyl sites for hydroxylation is 1. The highest BCUT2D eigenvalue weighted by molar-refractivity contribution is 6.37. The lowest BCUT2D eigenvalue weighted by atomic mass is 9.75. The van der Waals surface area contributed by atoms with Crippen LogP contribution in [-0.4, -0.2) is 16.6 Å². The van der Waals surface area contributed by atoms with E-state index in [2.05, 4.69) is 17.1 Å². The zero-order valence-corrected chi connectivity index (χ0v) is 15.7. The van der Waals surface area contributed by atoms with Crippen LogP contribution in [0.4, 0.5) is 0 Å². The van der Waals surface area contributed by atoms with Gasteiger partial charge in [0.25, 0.3) is 0 Å². The minimum atomic E-state index is -0.619. The summed E-state index contributed by atoms with van der Waals surface area (Å²) in [6, 6.07) is 10.1. The maximum absolute atomic E-state index is 13.2. The summed E-state index contributed by atoms with van der Waals surface area (Å²) < 4.78 is 0. The lowest BCUT2D eigenvalue weighted by Crippen LogP contribution is -2.32. The van der Waals surface area contributed by atoms with Crippen LogP contribution in [0.15, 0.2) is 48.7 Å². The zero-order chi connectivity index (χ0) is 18.8. The molecule has 3 nitrogen and oxygen atoms in total. The number of carbonyl (C=O) groups is 2. The van der Waals surface area contributed by atoms with Gasteiger partial charge in [0.2, 0.25) is 0 Å². The number of halogens is 1. The number of aromatic nitrogens is 1. The van der Waals surface area contributed by atoms with Crippen molar-refractivity contribution in [1.29, 1.82) is 0 Å². The predicted molar refractivity (Wildman–Crippen MR) is 108 cm³/mol. The number of pyridine rings is 1. The van der Waals surface area contributed by atoms with Crippen LogP contribution in [0, 0.1) is 5.92 Å². The van der Waals surface area contributed by atoms with Gasteiger partial charge in [-0.3, -0.25) is 9.59 Å². The Bertz CT molecular complexity index is 960. The fourth-order valence-corrected chi connectivity index (χ4v) is 4.10. The lowest BCUT2D eigenvalue weighted by Gasteiger charge is -2.27. The number of allylic oxidation sites excluding steroid dienone is 3. The molecule has 0 bridgehead atoms. The molecule has 1 atom stereocenters. The minimum absolute atomic E-state index is 0.0700. The zero-order valence-electron chi connectivity index (χ0n) is 15.0. The molecular weight excluding hydrogens is 358 g/mol. The molecule has 1 aromatic heterocycles. The summed E-state index contributed by atoms with van der Waals surface area (Å²) in [7, 11) is 0. The Morgan fingerprint density at radius 1 is 1.07 bits per heavy atom. The molecule has 0 N–H and O–H groups in total. The second kappa shape index (κ2) is 7.61. The molecule has 0 aliphatic heterocycles. The van der Waals surface area contributed by atoms with Crippen LogP contribution >= 0.6 is 11.6 Å². The highest BCUT2D eigenvalue weighted by Crippen LogP contribution is 2.39. The van der Waals surface area contributed by atoms with Gasteiger partial charge in [-0.15, -0.1) is 0 Å². The van der Waals surface area contributed by atoms with Crippen LogP contribution < -0.4 is 0 Å². The van der Waals surface area contributed by atoms with E-state index in [4.69, 9.17) is 11.6 Å². The molecule has 2 aliphatic carbocycles. The number of ketones is 2. The maximum atomic E-state index is 13.2. The van der Waals surface area contributed by atoms with E-state index in [-0.39, 0.29) is 11.6 Å². The summed E-state index contributed by atoms with van der Waals surface area (Å²) in [4.78, 5) is 30.4. The number of rotatable bonds is 4. The van der Waals surface area contributed by atoms with Crippen molar-refractivity contribution >= 4 is 34.8 Å². The second-order valence-electron chi connectivity index (χ2n) is 7.01. The summed E-state index contributed by atoms with van der Waals surface area (Å²) in [6.07, 6.45) is 11.2. The fourth-order valence-electron chi connectivity index (χ4n) is 3.90. The first-order valence-electron chi connectivity index (χ1n) is 9.34. The van der Waals surface area contributed by atoms with Gasteiger partial charge < -0.3 is 0 Å². The first kappa shape index (κ1) is 17.9. The van der Waals surface area contributed by atoms with E-state index in [1.165, 1.54) is 11.8 Å². The summed E-state index contributed by atoms with van der Waals surface area (Å²) in [5, 5.41) is 0.334. The average Bonchev–Trinajstić information content (AvgIpc) is 2.66. The third kappa shape index (κ3) is 3.40. The van der Waals surface area contributed by atoms with E-state index < -0.39 is 5.92 Å². The van der Waals surface area contributed by atoms with Crippen LogP contribution in [0.5, 0.6) is 0 Å². The van der Waals surface area contributed by atoms with Crippen molar-refractivity contribution in [2.45, 2.75) is 32.1 Å². The summed E-state index contributed by atoms with van der Waals surface area (Å²) in [6.45, 7) is 0. The Morgan fingerprint density at radius 3 is 2.70 bits per heavy atom. The van der Waals surface area contributed by atoms with E-state index >= 15 is 0 Å². The van der Waals surface area contributed by atoms with Gasteiger partial charge in [0.15, 0.2) is 11.6 Å². The number of hydrogen-bond acceptors (Lipinski definition) is 3. The molecule has 1 unspecified atom stereocenters. The predicted octanol–water partition coefficient (Wildman–Crippen LogP) is 5.33. The van der Waals surface area contributed by atoms with Gasteiger partial charge in [0, 0.05) is 28.5 Å². The number of hydrogen-bond donors (Lipinski definition) is 0. The van der Waals surface area contributed by atoms with E-state index in [9.17, 15) is 9.59 Å². The highest BCUT2D eigenvalue weighted by atomic mass is 35.5. The number of Topliss-reactive ketones (excluding diaryl/α,β-unsaturated/α-hetero) is 2. The third-order valence-corrected chi connectivity index (χ3v) is 5.57. The van der Waals surface area contributed by atoms with Crippen molar-refractivity contribution in [1.82, 2.24) is 4.98 Å². The van der Waals surface area contributed by atoms with Crippen molar-refractivity contribution in [2.75, 3.05) is 0 Å². The van der Waals surface area contributed by atoms with Crippen molar-refractivity contribution in [3.05, 3.63) is 76.1 Å². The van der Waals surface area contributed by atoms with Gasteiger partial charge in [0.1, 0.15) is 5.15 Å². The van der Waals surface area contributed by atoms with E-state index in [1.807, 2.05) is 36.4 Å². The van der Waals surface area contributed by atoms with Crippen molar-refractivity contribution in [3.8, 4) is 0 Å². The van der Waals surface area contributed by atoms with Gasteiger partial charge in [0.05, 0.1) is 5.92 Å². The van der Waals surface area contributed by atoms with Crippen LogP contribution in [-0.2, 0) is 11.2 Å². The second-order valence-corrected chi connectivity index (χ2v) is 7.37. The standard InChI is InChI=1S/C23H20ClNO2/c24-23-17-12-6-2-5-11-16-20(17)19(14-25-23)22(27)18(21(16)26)13-7-10-15-8-3-1-4-9-15/h1,3-4,6,8-9,11-12,14,18H,2,5,7,10,13H2/b12-6-,16-11+. The highest BCUT2D eigenvalue weighted by Gasteiger charge is 2.39. The largest absolute Gasteiger partial charge is 0.293 e. The lowest BCUT2D eigenvalue weighted by molar-refractivity contribution is -0.116. The molecule has 27 heavy (non-hydrogen) atoms. The monoisotopic (exact) mass is 377 g/mol. The molecule has 0 radical (unpaired) electrons. The smallest absolute Gasteiger partial charge is 0.175 e. The molecule has 0 spiro atoms. The Morgan fingerprint density at radius 2 is 1.89 bits per heavy atom. The van der Waals surface area contributed by atoms with Crippen molar-refractivity contribution < 1.29 is 9.59 Å². The quantitative estimate of drug-likeness (QED) is 0.534. The molecule has 4 heteroatoms. The van der Waals surface area contributed by atoms with Crippen LogP contribution in [0.1, 0.15) is 52.7 Å². The molecule has 0 amide bonds. The van der Waals surface area contributed by atoms with Gasteiger partial charge >= 0.3 is 0 Å². The Balaban J connectivity index is 1.65. The SMILES string of the molecule is O=C1/C2=C/CC/C=C\c3c(Cl)ncc(c32)C(=O)C1CCCc1ccccc1. The van der Waals surface area contributed by atoms with E-state index in [1.54, 1.807) is 0 Å². The molecular formula is C23H20ClNO2. The summed E-state index contributed by atoms with van der Waals surface area (Å²) in [5.74, 6) is -0.814. The summed E-state index contributed by atoms with van der Waals surface area (Å²) in [5.41, 5.74) is 3.74. The molecule has 0 saturated carbocycles.